The Bertz CT molecular complexity index is 764. The van der Waals surface area contributed by atoms with Crippen LogP contribution in [-0.2, 0) is 23.0 Å². The molecule has 138 valence electrons. The van der Waals surface area contributed by atoms with Crippen molar-refractivity contribution >= 4 is 12.0 Å². The monoisotopic (exact) mass is 353 g/mol. The number of amides is 1. The van der Waals surface area contributed by atoms with Crippen LogP contribution >= 0.6 is 0 Å². The van der Waals surface area contributed by atoms with Gasteiger partial charge in [-0.05, 0) is 43.4 Å². The summed E-state index contributed by atoms with van der Waals surface area (Å²) in [5, 5.41) is 4.11. The number of hydrogen-bond donors (Lipinski definition) is 0. The van der Waals surface area contributed by atoms with Gasteiger partial charge in [-0.1, -0.05) is 29.8 Å². The molecule has 0 N–H and O–H groups in total. The highest BCUT2D eigenvalue weighted by Gasteiger charge is 2.30. The minimum absolute atomic E-state index is 0.0297. The SMILES string of the molecule is CO[C@H]1CN(C(=O)/C=C/c2ccnn2C)CC[C@@H]1Cc1ccc(C)cc1. The van der Waals surface area contributed by atoms with E-state index in [4.69, 9.17) is 4.74 Å². The zero-order valence-electron chi connectivity index (χ0n) is 15.8. The van der Waals surface area contributed by atoms with Gasteiger partial charge in [-0.15, -0.1) is 0 Å². The van der Waals surface area contributed by atoms with Crippen molar-refractivity contribution in [2.45, 2.75) is 25.9 Å². The van der Waals surface area contributed by atoms with E-state index < -0.39 is 0 Å². The Labute approximate surface area is 155 Å². The number of methoxy groups -OCH3 is 1. The second-order valence-electron chi connectivity index (χ2n) is 7.01. The fourth-order valence-electron chi connectivity index (χ4n) is 3.50. The highest BCUT2D eigenvalue weighted by molar-refractivity contribution is 5.91. The molecular weight excluding hydrogens is 326 g/mol. The van der Waals surface area contributed by atoms with E-state index in [9.17, 15) is 4.79 Å². The first kappa shape index (κ1) is 18.4. The maximum absolute atomic E-state index is 12.5. The lowest BCUT2D eigenvalue weighted by molar-refractivity contribution is -0.131. The molecule has 0 bridgehead atoms. The third-order valence-corrected chi connectivity index (χ3v) is 5.18. The molecule has 26 heavy (non-hydrogen) atoms. The highest BCUT2D eigenvalue weighted by atomic mass is 16.5. The molecule has 1 fully saturated rings. The Morgan fingerprint density at radius 3 is 2.73 bits per heavy atom. The molecule has 2 aromatic rings. The summed E-state index contributed by atoms with van der Waals surface area (Å²) in [7, 11) is 3.61. The molecule has 0 spiro atoms. The van der Waals surface area contributed by atoms with Gasteiger partial charge in [0.2, 0.25) is 5.91 Å². The molecule has 0 radical (unpaired) electrons. The van der Waals surface area contributed by atoms with Crippen LogP contribution in [0.15, 0.2) is 42.6 Å². The molecule has 0 unspecified atom stereocenters. The number of likely N-dealkylation sites (tertiary alicyclic amines) is 1. The van der Waals surface area contributed by atoms with Gasteiger partial charge in [0.1, 0.15) is 0 Å². The fourth-order valence-corrected chi connectivity index (χ4v) is 3.50. The number of aryl methyl sites for hydroxylation is 2. The first-order valence-electron chi connectivity index (χ1n) is 9.10. The maximum atomic E-state index is 12.5. The summed E-state index contributed by atoms with van der Waals surface area (Å²) in [5.74, 6) is 0.467. The summed E-state index contributed by atoms with van der Waals surface area (Å²) in [6.07, 6.45) is 7.18. The topological polar surface area (TPSA) is 47.4 Å². The first-order valence-corrected chi connectivity index (χ1v) is 9.10. The lowest BCUT2D eigenvalue weighted by Crippen LogP contribution is -2.47. The zero-order valence-corrected chi connectivity index (χ0v) is 15.8. The van der Waals surface area contributed by atoms with Crippen LogP contribution in [0.3, 0.4) is 0 Å². The Morgan fingerprint density at radius 1 is 1.31 bits per heavy atom. The van der Waals surface area contributed by atoms with E-state index in [1.54, 1.807) is 24.1 Å². The second-order valence-corrected chi connectivity index (χ2v) is 7.01. The van der Waals surface area contributed by atoms with Crippen molar-refractivity contribution in [2.24, 2.45) is 13.0 Å². The highest BCUT2D eigenvalue weighted by Crippen LogP contribution is 2.24. The van der Waals surface area contributed by atoms with Crippen LogP contribution in [0.25, 0.3) is 6.08 Å². The number of nitrogens with zero attached hydrogens (tertiary/aromatic N) is 3. The molecule has 5 nitrogen and oxygen atoms in total. The van der Waals surface area contributed by atoms with Gasteiger partial charge in [-0.25, -0.2) is 0 Å². The largest absolute Gasteiger partial charge is 0.379 e. The molecule has 1 amide bonds. The number of carbonyl (C=O) groups is 1. The second kappa shape index (κ2) is 8.32. The molecule has 2 atom stereocenters. The smallest absolute Gasteiger partial charge is 0.246 e. The van der Waals surface area contributed by atoms with Crippen molar-refractivity contribution < 1.29 is 9.53 Å². The van der Waals surface area contributed by atoms with Crippen LogP contribution < -0.4 is 0 Å². The van der Waals surface area contributed by atoms with Crippen molar-refractivity contribution in [1.29, 1.82) is 0 Å². The van der Waals surface area contributed by atoms with Gasteiger partial charge in [0.15, 0.2) is 0 Å². The third kappa shape index (κ3) is 4.41. The van der Waals surface area contributed by atoms with Gasteiger partial charge in [0.05, 0.1) is 11.8 Å². The predicted octanol–water partition coefficient (Wildman–Crippen LogP) is 2.85. The molecule has 1 aromatic heterocycles. The van der Waals surface area contributed by atoms with Gasteiger partial charge in [0.25, 0.3) is 0 Å². The van der Waals surface area contributed by atoms with Crippen molar-refractivity contribution in [3.05, 3.63) is 59.4 Å². The van der Waals surface area contributed by atoms with E-state index in [0.717, 1.165) is 25.1 Å². The Morgan fingerprint density at radius 2 is 2.08 bits per heavy atom. The van der Waals surface area contributed by atoms with Gasteiger partial charge < -0.3 is 9.64 Å². The van der Waals surface area contributed by atoms with Gasteiger partial charge >= 0.3 is 0 Å². The predicted molar refractivity (Wildman–Crippen MR) is 103 cm³/mol. The Hall–Kier alpha value is -2.40. The van der Waals surface area contributed by atoms with Crippen molar-refractivity contribution in [1.82, 2.24) is 14.7 Å². The third-order valence-electron chi connectivity index (χ3n) is 5.18. The minimum Gasteiger partial charge on any atom is -0.379 e. The Balaban J connectivity index is 1.60. The van der Waals surface area contributed by atoms with Crippen LogP contribution in [0, 0.1) is 12.8 Å². The standard InChI is InChI=1S/C21H27N3O2/c1-16-4-6-17(7-5-16)14-18-11-13-24(15-20(18)26-3)21(25)9-8-19-10-12-22-23(19)2/h4-10,12,18,20H,11,13-15H2,1-3H3/b9-8+/t18-,20+/m1/s1. The lowest BCUT2D eigenvalue weighted by atomic mass is 9.87. The van der Waals surface area contributed by atoms with Crippen LogP contribution in [0.5, 0.6) is 0 Å². The van der Waals surface area contributed by atoms with Crippen LogP contribution in [0.1, 0.15) is 23.2 Å². The van der Waals surface area contributed by atoms with Gasteiger partial charge in [-0.3, -0.25) is 9.48 Å². The van der Waals surface area contributed by atoms with E-state index in [1.807, 2.05) is 24.1 Å². The first-order chi connectivity index (χ1) is 12.6. The average Bonchev–Trinajstić information content (AvgIpc) is 3.06. The number of benzene rings is 1. The van der Waals surface area contributed by atoms with Crippen LogP contribution in [0.2, 0.25) is 0 Å². The van der Waals surface area contributed by atoms with E-state index >= 15 is 0 Å². The number of rotatable bonds is 5. The molecule has 0 saturated carbocycles. The number of piperidine rings is 1. The molecule has 2 heterocycles. The zero-order chi connectivity index (χ0) is 18.5. The molecule has 1 saturated heterocycles. The van der Waals surface area contributed by atoms with Gasteiger partial charge in [0, 0.05) is 39.5 Å². The van der Waals surface area contributed by atoms with E-state index in [-0.39, 0.29) is 12.0 Å². The Kier molecular flexibility index (Phi) is 5.89. The molecular formula is C21H27N3O2. The lowest BCUT2D eigenvalue weighted by Gasteiger charge is -2.37. The summed E-state index contributed by atoms with van der Waals surface area (Å²) in [6, 6.07) is 10.6. The molecule has 3 rings (SSSR count). The molecule has 1 aliphatic heterocycles. The van der Waals surface area contributed by atoms with Gasteiger partial charge in [-0.2, -0.15) is 5.10 Å². The minimum atomic E-state index is 0.0297. The van der Waals surface area contributed by atoms with E-state index in [2.05, 4.69) is 36.3 Å². The normalized spacial score (nSPS) is 20.7. The summed E-state index contributed by atoms with van der Waals surface area (Å²) in [5.41, 5.74) is 3.52. The number of carbonyl (C=O) groups excluding carboxylic acids is 1. The van der Waals surface area contributed by atoms with Crippen LogP contribution in [-0.4, -0.2) is 46.9 Å². The van der Waals surface area contributed by atoms with Crippen molar-refractivity contribution in [2.75, 3.05) is 20.2 Å². The van der Waals surface area contributed by atoms with Crippen molar-refractivity contribution in [3.63, 3.8) is 0 Å². The summed E-state index contributed by atoms with van der Waals surface area (Å²) in [4.78, 5) is 14.4. The fraction of sp³-hybridized carbons (Fsp3) is 0.429. The summed E-state index contributed by atoms with van der Waals surface area (Å²) >= 11 is 0. The summed E-state index contributed by atoms with van der Waals surface area (Å²) in [6.45, 7) is 3.51. The van der Waals surface area contributed by atoms with Crippen LogP contribution in [0.4, 0.5) is 0 Å². The summed E-state index contributed by atoms with van der Waals surface area (Å²) < 4.78 is 7.46. The molecule has 5 heteroatoms. The van der Waals surface area contributed by atoms with E-state index in [0.29, 0.717) is 12.5 Å². The molecule has 1 aromatic carbocycles. The number of hydrogen-bond acceptors (Lipinski definition) is 3. The van der Waals surface area contributed by atoms with Crippen molar-refractivity contribution in [3.8, 4) is 0 Å². The molecule has 1 aliphatic rings. The molecule has 0 aliphatic carbocycles. The maximum Gasteiger partial charge on any atom is 0.246 e. The number of aromatic nitrogens is 2. The average molecular weight is 353 g/mol. The quantitative estimate of drug-likeness (QED) is 0.777. The number of ether oxygens (including phenoxy) is 1. The van der Waals surface area contributed by atoms with E-state index in [1.165, 1.54) is 11.1 Å².